The van der Waals surface area contributed by atoms with Crippen molar-refractivity contribution >= 4 is 45.6 Å². The monoisotopic (exact) mass is 525 g/mol. The van der Waals surface area contributed by atoms with E-state index >= 15 is 0 Å². The number of aromatic nitrogens is 1. The van der Waals surface area contributed by atoms with Gasteiger partial charge in [0.1, 0.15) is 23.0 Å². The zero-order chi connectivity index (χ0) is 25.6. The highest BCUT2D eigenvalue weighted by atomic mass is 35.5. The van der Waals surface area contributed by atoms with Crippen LogP contribution < -0.4 is 15.4 Å². The first-order chi connectivity index (χ1) is 16.6. The number of carbonyl (C=O) groups is 2. The number of carbonyl (C=O) groups excluding carboxylic acids is 2. The minimum atomic E-state index is -4.44. The quantitative estimate of drug-likeness (QED) is 0.291. The molecule has 0 unspecified atom stereocenters. The Hall–Kier alpha value is -3.57. The van der Waals surface area contributed by atoms with Crippen LogP contribution in [0.5, 0.6) is 11.5 Å². The molecule has 35 heavy (non-hydrogen) atoms. The number of benzene rings is 2. The highest BCUT2D eigenvalue weighted by Gasteiger charge is 2.30. The standard InChI is InChI=1S/C23H19ClF3N3O4S/c1-13-20(24)22(35-30-13)29-21(32)18(11-28-12-19(31)33-2)14-3-7-16(8-4-14)34-17-9-5-15(6-10-17)23(25,26)27/h3-11,28H,12H2,1-2H3,(H,29,32)/b18-11-. The van der Waals surface area contributed by atoms with Crippen molar-refractivity contribution in [2.45, 2.75) is 13.1 Å². The summed E-state index contributed by atoms with van der Waals surface area (Å²) in [5.74, 6) is -0.474. The van der Waals surface area contributed by atoms with Crippen LogP contribution in [0.15, 0.2) is 54.7 Å². The van der Waals surface area contributed by atoms with Gasteiger partial charge in [0, 0.05) is 6.20 Å². The smallest absolute Gasteiger partial charge is 0.416 e. The van der Waals surface area contributed by atoms with E-state index in [1.165, 1.54) is 25.4 Å². The summed E-state index contributed by atoms with van der Waals surface area (Å²) >= 11 is 7.19. The average molecular weight is 526 g/mol. The Balaban J connectivity index is 1.79. The van der Waals surface area contributed by atoms with Gasteiger partial charge in [-0.25, -0.2) is 0 Å². The van der Waals surface area contributed by atoms with Gasteiger partial charge in [-0.1, -0.05) is 23.7 Å². The molecule has 1 amide bonds. The summed E-state index contributed by atoms with van der Waals surface area (Å²) in [6, 6.07) is 10.6. The number of hydrogen-bond acceptors (Lipinski definition) is 7. The molecule has 0 aliphatic carbocycles. The number of aryl methyl sites for hydroxylation is 1. The van der Waals surface area contributed by atoms with E-state index in [0.29, 0.717) is 27.0 Å². The van der Waals surface area contributed by atoms with Crippen molar-refractivity contribution in [2.24, 2.45) is 0 Å². The number of nitrogens with one attached hydrogen (secondary N) is 2. The molecule has 0 spiro atoms. The predicted molar refractivity (Wildman–Crippen MR) is 126 cm³/mol. The molecule has 2 N–H and O–H groups in total. The van der Waals surface area contributed by atoms with Gasteiger partial charge in [-0.15, -0.1) is 0 Å². The van der Waals surface area contributed by atoms with Crippen molar-refractivity contribution in [1.82, 2.24) is 9.69 Å². The predicted octanol–water partition coefficient (Wildman–Crippen LogP) is 5.66. The Labute approximate surface area is 207 Å². The highest BCUT2D eigenvalue weighted by Crippen LogP contribution is 2.32. The van der Waals surface area contributed by atoms with Gasteiger partial charge in [-0.2, -0.15) is 17.5 Å². The number of methoxy groups -OCH3 is 1. The van der Waals surface area contributed by atoms with Crippen molar-refractivity contribution < 1.29 is 32.2 Å². The molecule has 1 heterocycles. The van der Waals surface area contributed by atoms with Crippen LogP contribution in [0.3, 0.4) is 0 Å². The van der Waals surface area contributed by atoms with Gasteiger partial charge in [0.15, 0.2) is 0 Å². The number of amides is 1. The van der Waals surface area contributed by atoms with Gasteiger partial charge in [0.2, 0.25) is 0 Å². The Kier molecular flexibility index (Phi) is 8.36. The molecule has 1 aromatic heterocycles. The first-order valence-electron chi connectivity index (χ1n) is 9.97. The van der Waals surface area contributed by atoms with Crippen molar-refractivity contribution in [2.75, 3.05) is 19.0 Å². The lowest BCUT2D eigenvalue weighted by molar-refractivity contribution is -0.139. The number of esters is 1. The fourth-order valence-corrected chi connectivity index (χ4v) is 3.67. The minimum absolute atomic E-state index is 0.164. The summed E-state index contributed by atoms with van der Waals surface area (Å²) in [7, 11) is 1.24. The fourth-order valence-electron chi connectivity index (χ4n) is 2.75. The second-order valence-corrected chi connectivity index (χ2v) is 8.18. The van der Waals surface area contributed by atoms with E-state index in [1.54, 1.807) is 31.2 Å². The number of hydrogen-bond donors (Lipinski definition) is 2. The van der Waals surface area contributed by atoms with Gasteiger partial charge in [-0.3, -0.25) is 9.59 Å². The van der Waals surface area contributed by atoms with E-state index in [1.807, 2.05) is 0 Å². The normalized spacial score (nSPS) is 11.7. The minimum Gasteiger partial charge on any atom is -0.468 e. The average Bonchev–Trinajstić information content (AvgIpc) is 3.14. The van der Waals surface area contributed by atoms with Crippen LogP contribution in [-0.2, 0) is 20.5 Å². The molecule has 0 aliphatic rings. The van der Waals surface area contributed by atoms with Crippen molar-refractivity contribution in [1.29, 1.82) is 0 Å². The lowest BCUT2D eigenvalue weighted by Gasteiger charge is -2.11. The molecule has 3 rings (SSSR count). The molecule has 0 fully saturated rings. The maximum absolute atomic E-state index is 13.0. The van der Waals surface area contributed by atoms with Crippen LogP contribution in [0.25, 0.3) is 5.57 Å². The van der Waals surface area contributed by atoms with Gasteiger partial charge in [0.05, 0.1) is 29.0 Å². The van der Waals surface area contributed by atoms with Crippen molar-refractivity contribution in [3.63, 3.8) is 0 Å². The molecule has 184 valence electrons. The Bertz CT molecular complexity index is 1230. The molecular formula is C23H19ClF3N3O4S. The maximum atomic E-state index is 13.0. The third-order valence-electron chi connectivity index (χ3n) is 4.57. The maximum Gasteiger partial charge on any atom is 0.416 e. The summed E-state index contributed by atoms with van der Waals surface area (Å²) in [4.78, 5) is 24.4. The fraction of sp³-hybridized carbons (Fsp3) is 0.174. The third kappa shape index (κ3) is 6.96. The van der Waals surface area contributed by atoms with E-state index in [2.05, 4.69) is 19.7 Å². The Morgan fingerprint density at radius 3 is 2.20 bits per heavy atom. The summed E-state index contributed by atoms with van der Waals surface area (Å²) in [6.45, 7) is 1.54. The molecule has 0 saturated carbocycles. The molecule has 2 aromatic carbocycles. The highest BCUT2D eigenvalue weighted by molar-refractivity contribution is 7.11. The molecule has 3 aromatic rings. The van der Waals surface area contributed by atoms with Crippen molar-refractivity contribution in [3.8, 4) is 11.5 Å². The zero-order valence-corrected chi connectivity index (χ0v) is 20.0. The van der Waals surface area contributed by atoms with E-state index in [-0.39, 0.29) is 17.9 Å². The van der Waals surface area contributed by atoms with Gasteiger partial charge in [0.25, 0.3) is 5.91 Å². The molecule has 0 bridgehead atoms. The Morgan fingerprint density at radius 2 is 1.69 bits per heavy atom. The summed E-state index contributed by atoms with van der Waals surface area (Å²) in [5, 5.41) is 6.11. The largest absolute Gasteiger partial charge is 0.468 e. The lowest BCUT2D eigenvalue weighted by Crippen LogP contribution is -2.21. The second-order valence-electron chi connectivity index (χ2n) is 7.03. The van der Waals surface area contributed by atoms with Gasteiger partial charge >= 0.3 is 12.1 Å². The van der Waals surface area contributed by atoms with Crippen LogP contribution in [0.2, 0.25) is 5.02 Å². The van der Waals surface area contributed by atoms with Crippen molar-refractivity contribution in [3.05, 3.63) is 76.6 Å². The first kappa shape index (κ1) is 26.0. The number of alkyl halides is 3. The second kappa shape index (κ2) is 11.2. The molecule has 7 nitrogen and oxygen atoms in total. The summed E-state index contributed by atoms with van der Waals surface area (Å²) in [6.07, 6.45) is -3.08. The summed E-state index contributed by atoms with van der Waals surface area (Å²) < 4.78 is 52.4. The van der Waals surface area contributed by atoms with E-state index < -0.39 is 23.6 Å². The number of rotatable bonds is 8. The number of nitrogens with zero attached hydrogens (tertiary/aromatic N) is 1. The topological polar surface area (TPSA) is 89.5 Å². The molecular weight excluding hydrogens is 507 g/mol. The van der Waals surface area contributed by atoms with E-state index in [0.717, 1.165) is 23.7 Å². The van der Waals surface area contributed by atoms with Crippen LogP contribution in [0.4, 0.5) is 18.2 Å². The Morgan fingerprint density at radius 1 is 1.09 bits per heavy atom. The van der Waals surface area contributed by atoms with Gasteiger partial charge < -0.3 is 20.1 Å². The first-order valence-corrected chi connectivity index (χ1v) is 11.1. The number of anilines is 1. The number of halogens is 4. The molecule has 0 radical (unpaired) electrons. The van der Waals surface area contributed by atoms with Gasteiger partial charge in [-0.05, 0) is 60.4 Å². The van der Waals surface area contributed by atoms with E-state index in [9.17, 15) is 22.8 Å². The SMILES string of the molecule is COC(=O)CN/C=C(\C(=O)Nc1snc(C)c1Cl)c1ccc(Oc2ccc(C(F)(F)F)cc2)cc1. The van der Waals surface area contributed by atoms with Crippen LogP contribution in [-0.4, -0.2) is 29.9 Å². The third-order valence-corrected chi connectivity index (χ3v) is 5.99. The summed E-state index contributed by atoms with van der Waals surface area (Å²) in [5.41, 5.74) is 0.442. The molecule has 0 aliphatic heterocycles. The van der Waals surface area contributed by atoms with E-state index in [4.69, 9.17) is 16.3 Å². The zero-order valence-electron chi connectivity index (χ0n) is 18.4. The lowest BCUT2D eigenvalue weighted by atomic mass is 10.1. The van der Waals surface area contributed by atoms with Crippen LogP contribution >= 0.6 is 23.1 Å². The molecule has 12 heteroatoms. The van der Waals surface area contributed by atoms with Crippen LogP contribution in [0.1, 0.15) is 16.8 Å². The van der Waals surface area contributed by atoms with Crippen LogP contribution in [0, 0.1) is 6.92 Å². The number of ether oxygens (including phenoxy) is 2. The molecule has 0 atom stereocenters. The molecule has 0 saturated heterocycles.